The molecule has 1 aliphatic carbocycles. The second-order valence-corrected chi connectivity index (χ2v) is 7.33. The fraction of sp³-hybridized carbons (Fsp3) is 0.533. The highest BCUT2D eigenvalue weighted by Crippen LogP contribution is 2.18. The maximum Gasteiger partial charge on any atom is 0.251 e. The molecule has 1 aromatic carbocycles. The third kappa shape index (κ3) is 4.27. The Hall–Kier alpha value is -1.43. The lowest BCUT2D eigenvalue weighted by Gasteiger charge is -2.16. The standard InChI is InChI=1S/C15H20FNO3S/c16-11-21(19,20)14-9-5-6-12(10-14)15(18)17-13-7-3-1-2-4-8-13/h5-6,9-10,13H,1-4,7-8,11H2,(H,17,18). The minimum atomic E-state index is -3.94. The molecule has 1 N–H and O–H groups in total. The van der Waals surface area contributed by atoms with Gasteiger partial charge in [0.05, 0.1) is 4.90 Å². The smallest absolute Gasteiger partial charge is 0.251 e. The lowest BCUT2D eigenvalue weighted by Crippen LogP contribution is -2.34. The molecule has 116 valence electrons. The molecular formula is C15H20FNO3S. The zero-order valence-electron chi connectivity index (χ0n) is 11.8. The number of hydrogen-bond acceptors (Lipinski definition) is 3. The predicted molar refractivity (Wildman–Crippen MR) is 78.6 cm³/mol. The minimum absolute atomic E-state index is 0.140. The second kappa shape index (κ2) is 7.02. The van der Waals surface area contributed by atoms with Gasteiger partial charge in [-0.25, -0.2) is 12.8 Å². The van der Waals surface area contributed by atoms with E-state index < -0.39 is 15.8 Å². The molecule has 0 saturated heterocycles. The first-order chi connectivity index (χ1) is 10.0. The van der Waals surface area contributed by atoms with Crippen molar-refractivity contribution in [3.63, 3.8) is 0 Å². The van der Waals surface area contributed by atoms with Crippen molar-refractivity contribution in [1.29, 1.82) is 0 Å². The Morgan fingerprint density at radius 3 is 2.48 bits per heavy atom. The van der Waals surface area contributed by atoms with Gasteiger partial charge in [0.15, 0.2) is 6.01 Å². The molecule has 0 radical (unpaired) electrons. The van der Waals surface area contributed by atoms with Gasteiger partial charge in [-0.3, -0.25) is 4.79 Å². The van der Waals surface area contributed by atoms with E-state index in [-0.39, 0.29) is 22.4 Å². The number of sulfone groups is 1. The van der Waals surface area contributed by atoms with Gasteiger partial charge < -0.3 is 5.32 Å². The largest absolute Gasteiger partial charge is 0.349 e. The van der Waals surface area contributed by atoms with Crippen molar-refractivity contribution in [1.82, 2.24) is 5.32 Å². The fourth-order valence-electron chi connectivity index (χ4n) is 2.59. The molecular weight excluding hydrogens is 293 g/mol. The molecule has 0 unspecified atom stereocenters. The third-order valence-corrected chi connectivity index (χ3v) is 5.05. The van der Waals surface area contributed by atoms with E-state index in [4.69, 9.17) is 0 Å². The van der Waals surface area contributed by atoms with E-state index in [9.17, 15) is 17.6 Å². The Balaban J connectivity index is 2.10. The van der Waals surface area contributed by atoms with E-state index in [0.717, 1.165) is 25.7 Å². The van der Waals surface area contributed by atoms with Gasteiger partial charge in [0.1, 0.15) is 0 Å². The molecule has 4 nitrogen and oxygen atoms in total. The van der Waals surface area contributed by atoms with Crippen LogP contribution in [0.2, 0.25) is 0 Å². The lowest BCUT2D eigenvalue weighted by molar-refractivity contribution is 0.0933. The summed E-state index contributed by atoms with van der Waals surface area (Å²) in [6.45, 7) is 0. The van der Waals surface area contributed by atoms with Crippen LogP contribution in [0.5, 0.6) is 0 Å². The first-order valence-electron chi connectivity index (χ1n) is 7.22. The maximum atomic E-state index is 12.5. The molecule has 0 aliphatic heterocycles. The molecule has 1 aromatic rings. The van der Waals surface area contributed by atoms with E-state index in [1.165, 1.54) is 31.0 Å². The summed E-state index contributed by atoms with van der Waals surface area (Å²) >= 11 is 0. The first-order valence-corrected chi connectivity index (χ1v) is 8.88. The Morgan fingerprint density at radius 2 is 1.86 bits per heavy atom. The zero-order valence-corrected chi connectivity index (χ0v) is 12.7. The average molecular weight is 313 g/mol. The van der Waals surface area contributed by atoms with Crippen molar-refractivity contribution in [2.24, 2.45) is 0 Å². The van der Waals surface area contributed by atoms with Crippen molar-refractivity contribution < 1.29 is 17.6 Å². The molecule has 1 amide bonds. The van der Waals surface area contributed by atoms with Gasteiger partial charge in [-0.15, -0.1) is 0 Å². The number of alkyl halides is 1. The van der Waals surface area contributed by atoms with Gasteiger partial charge in [0.2, 0.25) is 9.84 Å². The molecule has 0 atom stereocenters. The fourth-order valence-corrected chi connectivity index (χ4v) is 3.30. The molecule has 1 aliphatic rings. The SMILES string of the molecule is O=C(NC1CCCCCC1)c1cccc(S(=O)(=O)CF)c1. The van der Waals surface area contributed by atoms with Crippen LogP contribution < -0.4 is 5.32 Å². The van der Waals surface area contributed by atoms with E-state index in [2.05, 4.69) is 5.32 Å². The van der Waals surface area contributed by atoms with Crippen LogP contribution >= 0.6 is 0 Å². The summed E-state index contributed by atoms with van der Waals surface area (Å²) in [4.78, 5) is 12.0. The number of carbonyl (C=O) groups excluding carboxylic acids is 1. The molecule has 0 bridgehead atoms. The number of nitrogens with one attached hydrogen (secondary N) is 1. The van der Waals surface area contributed by atoms with Crippen LogP contribution in [-0.2, 0) is 9.84 Å². The summed E-state index contributed by atoms with van der Waals surface area (Å²) in [5, 5.41) is 2.94. The van der Waals surface area contributed by atoms with Gasteiger partial charge >= 0.3 is 0 Å². The number of amides is 1. The van der Waals surface area contributed by atoms with Gasteiger partial charge in [0.25, 0.3) is 5.91 Å². The topological polar surface area (TPSA) is 63.2 Å². The van der Waals surface area contributed by atoms with Gasteiger partial charge in [-0.2, -0.15) is 0 Å². The summed E-state index contributed by atoms with van der Waals surface area (Å²) in [5.74, 6) is -0.294. The Labute approximate surface area is 124 Å². The van der Waals surface area contributed by atoms with Crippen molar-refractivity contribution in [3.05, 3.63) is 29.8 Å². The Morgan fingerprint density at radius 1 is 1.19 bits per heavy atom. The highest BCUT2D eigenvalue weighted by Gasteiger charge is 2.18. The molecule has 0 heterocycles. The Kier molecular flexibility index (Phi) is 5.33. The van der Waals surface area contributed by atoms with E-state index >= 15 is 0 Å². The minimum Gasteiger partial charge on any atom is -0.349 e. The number of halogens is 1. The first kappa shape index (κ1) is 15.9. The van der Waals surface area contributed by atoms with E-state index in [1.54, 1.807) is 6.07 Å². The van der Waals surface area contributed by atoms with Crippen molar-refractivity contribution in [3.8, 4) is 0 Å². The second-order valence-electron chi connectivity index (χ2n) is 5.41. The number of benzene rings is 1. The normalized spacial score (nSPS) is 17.2. The summed E-state index contributed by atoms with van der Waals surface area (Å²) < 4.78 is 35.5. The van der Waals surface area contributed by atoms with Gasteiger partial charge in [-0.1, -0.05) is 31.7 Å². The molecule has 1 saturated carbocycles. The third-order valence-electron chi connectivity index (χ3n) is 3.79. The highest BCUT2D eigenvalue weighted by atomic mass is 32.2. The summed E-state index contributed by atoms with van der Waals surface area (Å²) in [6, 6.07) is 4.23. The zero-order chi connectivity index (χ0) is 15.3. The molecule has 2 rings (SSSR count). The molecule has 6 heteroatoms. The molecule has 1 fully saturated rings. The summed E-state index contributed by atoms with van der Waals surface area (Å²) in [7, 11) is -3.94. The Bertz CT molecular complexity index is 593. The lowest BCUT2D eigenvalue weighted by atomic mass is 10.1. The predicted octanol–water partition coefficient (Wildman–Crippen LogP) is 2.84. The van der Waals surface area contributed by atoms with E-state index in [0.29, 0.717) is 0 Å². The average Bonchev–Trinajstić information content (AvgIpc) is 2.76. The van der Waals surface area contributed by atoms with Crippen LogP contribution in [0.1, 0.15) is 48.9 Å². The van der Waals surface area contributed by atoms with Crippen LogP contribution in [0.3, 0.4) is 0 Å². The number of hydrogen-bond donors (Lipinski definition) is 1. The molecule has 21 heavy (non-hydrogen) atoms. The van der Waals surface area contributed by atoms with Crippen molar-refractivity contribution in [2.45, 2.75) is 49.5 Å². The highest BCUT2D eigenvalue weighted by molar-refractivity contribution is 7.91. The van der Waals surface area contributed by atoms with Crippen LogP contribution in [-0.4, -0.2) is 26.4 Å². The quantitative estimate of drug-likeness (QED) is 0.869. The number of rotatable bonds is 4. The summed E-state index contributed by atoms with van der Waals surface area (Å²) in [5.41, 5.74) is 0.258. The summed E-state index contributed by atoms with van der Waals surface area (Å²) in [6.07, 6.45) is 6.48. The van der Waals surface area contributed by atoms with Gasteiger partial charge in [-0.05, 0) is 31.0 Å². The van der Waals surface area contributed by atoms with Gasteiger partial charge in [0, 0.05) is 11.6 Å². The monoisotopic (exact) mass is 313 g/mol. The maximum absolute atomic E-state index is 12.5. The van der Waals surface area contributed by atoms with E-state index in [1.807, 2.05) is 0 Å². The van der Waals surface area contributed by atoms with Crippen molar-refractivity contribution >= 4 is 15.7 Å². The van der Waals surface area contributed by atoms with Crippen LogP contribution in [0, 0.1) is 0 Å². The van der Waals surface area contributed by atoms with Crippen LogP contribution in [0.25, 0.3) is 0 Å². The van der Waals surface area contributed by atoms with Crippen molar-refractivity contribution in [2.75, 3.05) is 6.01 Å². The number of carbonyl (C=O) groups is 1. The molecule has 0 spiro atoms. The van der Waals surface area contributed by atoms with Crippen LogP contribution in [0.4, 0.5) is 4.39 Å². The van der Waals surface area contributed by atoms with Crippen LogP contribution in [0.15, 0.2) is 29.2 Å². The molecule has 0 aromatic heterocycles.